The Hall–Kier alpha value is -0.960. The Labute approximate surface area is 124 Å². The highest BCUT2D eigenvalue weighted by atomic mass is 35.5. The fourth-order valence-corrected chi connectivity index (χ4v) is 3.17. The summed E-state index contributed by atoms with van der Waals surface area (Å²) in [6, 6.07) is 16.6. The zero-order chi connectivity index (χ0) is 13.5. The van der Waals surface area contributed by atoms with Crippen LogP contribution in [0.15, 0.2) is 53.4 Å². The number of benzene rings is 2. The van der Waals surface area contributed by atoms with Crippen LogP contribution in [0.1, 0.15) is 18.1 Å². The number of hydrogen-bond acceptors (Lipinski definition) is 2. The first-order valence-electron chi connectivity index (χ1n) is 6.46. The average Bonchev–Trinajstić information content (AvgIpc) is 2.45. The van der Waals surface area contributed by atoms with Crippen LogP contribution in [-0.2, 0) is 12.3 Å². The minimum atomic E-state index is 0.827. The van der Waals surface area contributed by atoms with Crippen molar-refractivity contribution in [2.24, 2.45) is 0 Å². The maximum Gasteiger partial charge on any atom is 0.0462 e. The Morgan fingerprint density at radius 1 is 1.05 bits per heavy atom. The Kier molecular flexibility index (Phi) is 5.77. The van der Waals surface area contributed by atoms with Crippen molar-refractivity contribution >= 4 is 23.4 Å². The molecule has 100 valence electrons. The van der Waals surface area contributed by atoms with Crippen LogP contribution in [0.4, 0.5) is 0 Å². The lowest BCUT2D eigenvalue weighted by Gasteiger charge is -2.11. The molecule has 0 spiro atoms. The molecular weight excluding hydrogens is 274 g/mol. The number of thioether (sulfide) groups is 1. The van der Waals surface area contributed by atoms with Gasteiger partial charge in [-0.1, -0.05) is 54.9 Å². The standard InChI is InChI=1S/C16H18ClNS/c1-2-18-11-14-15(17)9-6-10-16(14)19-12-13-7-4-3-5-8-13/h3-10,18H,2,11-12H2,1H3. The van der Waals surface area contributed by atoms with Crippen molar-refractivity contribution < 1.29 is 0 Å². The van der Waals surface area contributed by atoms with E-state index in [1.165, 1.54) is 16.0 Å². The molecule has 0 saturated carbocycles. The van der Waals surface area contributed by atoms with E-state index in [0.717, 1.165) is 23.9 Å². The molecule has 0 aliphatic heterocycles. The first kappa shape index (κ1) is 14.4. The van der Waals surface area contributed by atoms with Gasteiger partial charge in [-0.05, 0) is 29.8 Å². The average molecular weight is 292 g/mol. The molecule has 0 unspecified atom stereocenters. The lowest BCUT2D eigenvalue weighted by Crippen LogP contribution is -2.12. The van der Waals surface area contributed by atoms with Gasteiger partial charge < -0.3 is 5.32 Å². The number of rotatable bonds is 6. The largest absolute Gasteiger partial charge is 0.313 e. The predicted octanol–water partition coefficient (Wildman–Crippen LogP) is 4.74. The Bertz CT molecular complexity index is 513. The monoisotopic (exact) mass is 291 g/mol. The van der Waals surface area contributed by atoms with E-state index in [4.69, 9.17) is 11.6 Å². The van der Waals surface area contributed by atoms with E-state index in [-0.39, 0.29) is 0 Å². The predicted molar refractivity (Wildman–Crippen MR) is 84.8 cm³/mol. The number of nitrogens with one attached hydrogen (secondary N) is 1. The van der Waals surface area contributed by atoms with Crippen molar-refractivity contribution in [3.63, 3.8) is 0 Å². The number of hydrogen-bond donors (Lipinski definition) is 1. The molecule has 2 rings (SSSR count). The first-order valence-corrected chi connectivity index (χ1v) is 7.82. The minimum absolute atomic E-state index is 0.827. The summed E-state index contributed by atoms with van der Waals surface area (Å²) in [7, 11) is 0. The summed E-state index contributed by atoms with van der Waals surface area (Å²) >= 11 is 8.13. The third-order valence-electron chi connectivity index (χ3n) is 2.86. The summed E-state index contributed by atoms with van der Waals surface area (Å²) in [4.78, 5) is 1.26. The topological polar surface area (TPSA) is 12.0 Å². The van der Waals surface area contributed by atoms with Crippen molar-refractivity contribution in [3.05, 3.63) is 64.7 Å². The second-order valence-corrected chi connectivity index (χ2v) is 5.70. The van der Waals surface area contributed by atoms with Crippen LogP contribution < -0.4 is 5.32 Å². The summed E-state index contributed by atoms with van der Waals surface area (Å²) in [5.74, 6) is 0.973. The van der Waals surface area contributed by atoms with E-state index in [9.17, 15) is 0 Å². The lowest BCUT2D eigenvalue weighted by molar-refractivity contribution is 0.718. The fraction of sp³-hybridized carbons (Fsp3) is 0.250. The van der Waals surface area contributed by atoms with Crippen LogP contribution in [0.2, 0.25) is 5.02 Å². The zero-order valence-corrected chi connectivity index (χ0v) is 12.6. The van der Waals surface area contributed by atoms with Gasteiger partial charge in [0.1, 0.15) is 0 Å². The van der Waals surface area contributed by atoms with Gasteiger partial charge in [-0.15, -0.1) is 11.8 Å². The van der Waals surface area contributed by atoms with Gasteiger partial charge in [0.05, 0.1) is 0 Å². The van der Waals surface area contributed by atoms with Crippen molar-refractivity contribution in [1.29, 1.82) is 0 Å². The Balaban J connectivity index is 2.09. The minimum Gasteiger partial charge on any atom is -0.313 e. The molecule has 0 amide bonds. The van der Waals surface area contributed by atoms with Crippen molar-refractivity contribution in [2.45, 2.75) is 24.1 Å². The van der Waals surface area contributed by atoms with Gasteiger partial charge in [0.15, 0.2) is 0 Å². The fourth-order valence-electron chi connectivity index (χ4n) is 1.83. The quantitative estimate of drug-likeness (QED) is 0.771. The molecule has 2 aromatic carbocycles. The summed E-state index contributed by atoms with van der Waals surface area (Å²) in [5.41, 5.74) is 2.54. The Morgan fingerprint density at radius 3 is 2.58 bits per heavy atom. The van der Waals surface area contributed by atoms with Gasteiger partial charge >= 0.3 is 0 Å². The van der Waals surface area contributed by atoms with Crippen LogP contribution in [-0.4, -0.2) is 6.54 Å². The van der Waals surface area contributed by atoms with Crippen molar-refractivity contribution in [2.75, 3.05) is 6.54 Å². The van der Waals surface area contributed by atoms with Crippen LogP contribution in [0.5, 0.6) is 0 Å². The molecule has 3 heteroatoms. The van der Waals surface area contributed by atoms with Gasteiger partial charge in [-0.2, -0.15) is 0 Å². The highest BCUT2D eigenvalue weighted by molar-refractivity contribution is 7.98. The summed E-state index contributed by atoms with van der Waals surface area (Å²) < 4.78 is 0. The highest BCUT2D eigenvalue weighted by Crippen LogP contribution is 2.30. The molecule has 0 saturated heterocycles. The summed E-state index contributed by atoms with van der Waals surface area (Å²) in [6.45, 7) is 3.88. The van der Waals surface area contributed by atoms with E-state index in [2.05, 4.69) is 42.6 Å². The molecule has 0 aliphatic rings. The van der Waals surface area contributed by atoms with E-state index < -0.39 is 0 Å². The number of halogens is 1. The van der Waals surface area contributed by atoms with Gasteiger partial charge in [-0.25, -0.2) is 0 Å². The van der Waals surface area contributed by atoms with Gasteiger partial charge in [-0.3, -0.25) is 0 Å². The van der Waals surface area contributed by atoms with E-state index in [1.54, 1.807) is 0 Å². The van der Waals surface area contributed by atoms with Gasteiger partial charge in [0, 0.05) is 22.2 Å². The first-order chi connectivity index (χ1) is 9.31. The molecule has 1 nitrogen and oxygen atoms in total. The van der Waals surface area contributed by atoms with E-state index >= 15 is 0 Å². The molecule has 0 heterocycles. The molecule has 0 aromatic heterocycles. The highest BCUT2D eigenvalue weighted by Gasteiger charge is 2.07. The summed E-state index contributed by atoms with van der Waals surface area (Å²) in [5, 5.41) is 4.19. The molecule has 0 bridgehead atoms. The molecule has 19 heavy (non-hydrogen) atoms. The maximum atomic E-state index is 6.29. The van der Waals surface area contributed by atoms with Gasteiger partial charge in [0.2, 0.25) is 0 Å². The van der Waals surface area contributed by atoms with Crippen LogP contribution in [0, 0.1) is 0 Å². The molecule has 0 fully saturated rings. The SMILES string of the molecule is CCNCc1c(Cl)cccc1SCc1ccccc1. The summed E-state index contributed by atoms with van der Waals surface area (Å²) in [6.07, 6.45) is 0. The molecule has 0 aliphatic carbocycles. The maximum absolute atomic E-state index is 6.29. The molecule has 1 N–H and O–H groups in total. The van der Waals surface area contributed by atoms with E-state index in [1.807, 2.05) is 30.0 Å². The van der Waals surface area contributed by atoms with Crippen LogP contribution in [0.3, 0.4) is 0 Å². The van der Waals surface area contributed by atoms with Crippen LogP contribution >= 0.6 is 23.4 Å². The smallest absolute Gasteiger partial charge is 0.0462 e. The Morgan fingerprint density at radius 2 is 1.84 bits per heavy atom. The molecule has 0 radical (unpaired) electrons. The zero-order valence-electron chi connectivity index (χ0n) is 11.0. The molecular formula is C16H18ClNS. The third-order valence-corrected chi connectivity index (χ3v) is 4.39. The van der Waals surface area contributed by atoms with Crippen molar-refractivity contribution in [3.8, 4) is 0 Å². The van der Waals surface area contributed by atoms with Crippen molar-refractivity contribution in [1.82, 2.24) is 5.32 Å². The van der Waals surface area contributed by atoms with Crippen LogP contribution in [0.25, 0.3) is 0 Å². The lowest BCUT2D eigenvalue weighted by atomic mass is 10.2. The molecule has 2 aromatic rings. The normalized spacial score (nSPS) is 10.6. The second-order valence-electron chi connectivity index (χ2n) is 4.27. The second kappa shape index (κ2) is 7.59. The van der Waals surface area contributed by atoms with Gasteiger partial charge in [0.25, 0.3) is 0 Å². The third kappa shape index (κ3) is 4.27. The molecule has 0 atom stereocenters. The van der Waals surface area contributed by atoms with E-state index in [0.29, 0.717) is 0 Å².